The number of benzene rings is 4. The Labute approximate surface area is 307 Å². The van der Waals surface area contributed by atoms with Gasteiger partial charge in [0.15, 0.2) is 5.78 Å². The summed E-state index contributed by atoms with van der Waals surface area (Å²) in [5, 5.41) is 31.9. The standard InChI is InChI=1S/C32H23N7O12S3/c1-39-23-9-8-20(28-27(23)19(14-26(39)40)17-4-2-3-5-18(17)29(28)41)34-21-12-15(6-10-24(21)52-51-50-43)33-30-36-31(38-32(42)37-30)35-22-13-16(53(44,45)46)7-11-25(22)54(47,48)49/h2-14,34,43H,1H3,(H,44,45,46)(H,47,48,49)(H3,33,35,36,37,38,42). The fourth-order valence-corrected chi connectivity index (χ4v) is 7.41. The van der Waals surface area contributed by atoms with Gasteiger partial charge in [-0.05, 0) is 59.7 Å². The van der Waals surface area contributed by atoms with Crippen LogP contribution in [0.15, 0.2) is 98.3 Å². The molecule has 1 aliphatic carbocycles. The summed E-state index contributed by atoms with van der Waals surface area (Å²) in [6.45, 7) is 0. The van der Waals surface area contributed by atoms with Crippen molar-refractivity contribution < 1.29 is 50.5 Å². The second-order valence-corrected chi connectivity index (χ2v) is 15.0. The van der Waals surface area contributed by atoms with Gasteiger partial charge in [-0.3, -0.25) is 18.7 Å². The van der Waals surface area contributed by atoms with E-state index in [1.165, 1.54) is 28.8 Å². The molecular formula is C32H23N7O12S3. The van der Waals surface area contributed by atoms with Gasteiger partial charge in [-0.2, -0.15) is 31.8 Å². The molecule has 0 aliphatic heterocycles. The van der Waals surface area contributed by atoms with Crippen molar-refractivity contribution in [2.45, 2.75) is 14.7 Å². The molecule has 276 valence electrons. The number of carbonyl (C=O) groups excluding carboxylic acids is 1. The van der Waals surface area contributed by atoms with Crippen LogP contribution in [-0.2, 0) is 36.7 Å². The van der Waals surface area contributed by atoms with Crippen LogP contribution in [-0.4, -0.2) is 61.6 Å². The number of aromatic hydroxyl groups is 1. The molecule has 6 aromatic rings. The predicted molar refractivity (Wildman–Crippen MR) is 193 cm³/mol. The smallest absolute Gasteiger partial charge is 0.320 e. The van der Waals surface area contributed by atoms with Crippen LogP contribution in [0.2, 0.25) is 0 Å². The average Bonchev–Trinajstić information content (AvgIpc) is 3.11. The topological polar surface area (TPSA) is 281 Å². The first kappa shape index (κ1) is 36.4. The summed E-state index contributed by atoms with van der Waals surface area (Å²) >= 11 is 0.607. The van der Waals surface area contributed by atoms with Gasteiger partial charge in [-0.1, -0.05) is 29.3 Å². The van der Waals surface area contributed by atoms with Crippen LogP contribution in [0.4, 0.5) is 34.6 Å². The van der Waals surface area contributed by atoms with E-state index in [2.05, 4.69) is 40.3 Å². The third-order valence-electron chi connectivity index (χ3n) is 8.16. The van der Waals surface area contributed by atoms with Crippen LogP contribution in [0.5, 0.6) is 6.01 Å². The van der Waals surface area contributed by atoms with E-state index in [1.807, 2.05) is 0 Å². The van der Waals surface area contributed by atoms with Crippen molar-refractivity contribution in [3.8, 4) is 17.1 Å². The lowest BCUT2D eigenvalue weighted by Crippen LogP contribution is -2.21. The first-order chi connectivity index (χ1) is 25.6. The number of hydrogen-bond donors (Lipinski definition) is 7. The van der Waals surface area contributed by atoms with Crippen LogP contribution in [0.3, 0.4) is 0 Å². The van der Waals surface area contributed by atoms with E-state index >= 15 is 0 Å². The maximum absolute atomic E-state index is 14.0. The Bertz CT molecular complexity index is 2830. The van der Waals surface area contributed by atoms with Gasteiger partial charge >= 0.3 is 6.01 Å². The summed E-state index contributed by atoms with van der Waals surface area (Å²) in [5.41, 5.74) is 2.44. The summed E-state index contributed by atoms with van der Waals surface area (Å²) in [6, 6.07) is 17.6. The molecule has 1 aliphatic rings. The van der Waals surface area contributed by atoms with E-state index in [4.69, 9.17) is 5.26 Å². The normalized spacial score (nSPS) is 12.4. The minimum Gasteiger partial charge on any atom is -0.479 e. The molecule has 0 radical (unpaired) electrons. The first-order valence-electron chi connectivity index (χ1n) is 15.1. The molecular weight excluding hydrogens is 771 g/mol. The third kappa shape index (κ3) is 6.93. The number of pyridine rings is 1. The Kier molecular flexibility index (Phi) is 9.28. The van der Waals surface area contributed by atoms with Crippen LogP contribution >= 0.6 is 12.0 Å². The number of nitrogens with one attached hydrogen (secondary N) is 3. The van der Waals surface area contributed by atoms with Gasteiger partial charge in [-0.15, -0.1) is 4.33 Å². The van der Waals surface area contributed by atoms with Gasteiger partial charge < -0.3 is 25.6 Å². The molecule has 0 spiro atoms. The number of carbonyl (C=O) groups is 1. The lowest BCUT2D eigenvalue weighted by Gasteiger charge is -2.24. The molecule has 0 fully saturated rings. The molecule has 0 saturated carbocycles. The Balaban J connectivity index is 1.27. The Morgan fingerprint density at radius 2 is 1.46 bits per heavy atom. The van der Waals surface area contributed by atoms with Crippen LogP contribution in [0.25, 0.3) is 22.0 Å². The van der Waals surface area contributed by atoms with E-state index in [9.17, 15) is 40.6 Å². The van der Waals surface area contributed by atoms with E-state index < -0.39 is 47.7 Å². The summed E-state index contributed by atoms with van der Waals surface area (Å²) in [6.07, 6.45) is 0. The highest BCUT2D eigenvalue weighted by molar-refractivity contribution is 7.94. The summed E-state index contributed by atoms with van der Waals surface area (Å²) in [5.74, 6) is -1.13. The van der Waals surface area contributed by atoms with E-state index in [-0.39, 0.29) is 34.2 Å². The Morgan fingerprint density at radius 3 is 2.17 bits per heavy atom. The quantitative estimate of drug-likeness (QED) is 0.0401. The molecule has 7 N–H and O–H groups in total. The maximum Gasteiger partial charge on any atom is 0.320 e. The van der Waals surface area contributed by atoms with Gasteiger partial charge in [0, 0.05) is 29.8 Å². The first-order valence-corrected chi connectivity index (χ1v) is 18.7. The zero-order chi connectivity index (χ0) is 38.5. The van der Waals surface area contributed by atoms with Gasteiger partial charge in [0.2, 0.25) is 11.9 Å². The molecule has 0 bridgehead atoms. The molecule has 19 nitrogen and oxygen atoms in total. The van der Waals surface area contributed by atoms with Crippen molar-refractivity contribution in [3.63, 3.8) is 0 Å². The highest BCUT2D eigenvalue weighted by atomic mass is 32.2. The molecule has 7 rings (SSSR count). The van der Waals surface area contributed by atoms with Crippen molar-refractivity contribution in [1.82, 2.24) is 19.5 Å². The average molecular weight is 794 g/mol. The minimum atomic E-state index is -4.93. The zero-order valence-corrected chi connectivity index (χ0v) is 29.5. The molecule has 4 aromatic carbocycles. The van der Waals surface area contributed by atoms with Gasteiger partial charge in [-0.25, -0.2) is 5.26 Å². The van der Waals surface area contributed by atoms with Crippen molar-refractivity contribution in [2.24, 2.45) is 7.05 Å². The van der Waals surface area contributed by atoms with Gasteiger partial charge in [0.05, 0.1) is 50.0 Å². The van der Waals surface area contributed by atoms with Crippen LogP contribution in [0.1, 0.15) is 15.9 Å². The number of rotatable bonds is 11. The lowest BCUT2D eigenvalue weighted by atomic mass is 9.83. The predicted octanol–water partition coefficient (Wildman–Crippen LogP) is 4.79. The SMILES string of the molecule is Cn1c(=O)cc2c3c(c(Nc4cc(Nc5nc(O)nc(Nc6cc(S(=O)(=O)O)ccc6S(=O)(=O)O)n5)ccc4SOOO)ccc31)C(=O)c1ccccc1-2. The second kappa shape index (κ2) is 13.8. The summed E-state index contributed by atoms with van der Waals surface area (Å²) in [4.78, 5) is 37.3. The lowest BCUT2D eigenvalue weighted by molar-refractivity contribution is -0.432. The fraction of sp³-hybridized carbons (Fsp3) is 0.0312. The molecule has 0 saturated heterocycles. The van der Waals surface area contributed by atoms with Crippen molar-refractivity contribution in [2.75, 3.05) is 16.0 Å². The van der Waals surface area contributed by atoms with Crippen LogP contribution < -0.4 is 21.5 Å². The van der Waals surface area contributed by atoms with Gasteiger partial charge in [0.1, 0.15) is 4.90 Å². The van der Waals surface area contributed by atoms with Crippen molar-refractivity contribution in [1.29, 1.82) is 0 Å². The molecule has 22 heteroatoms. The number of nitrogens with zero attached hydrogens (tertiary/aromatic N) is 4. The highest BCUT2D eigenvalue weighted by Gasteiger charge is 2.29. The maximum atomic E-state index is 14.0. The number of fused-ring (bicyclic) bond motifs is 2. The van der Waals surface area contributed by atoms with E-state index in [0.29, 0.717) is 56.3 Å². The highest BCUT2D eigenvalue weighted by Crippen LogP contribution is 2.43. The summed E-state index contributed by atoms with van der Waals surface area (Å²) < 4.78 is 72.6. The van der Waals surface area contributed by atoms with Crippen molar-refractivity contribution in [3.05, 3.63) is 100 Å². The number of aromatic nitrogens is 4. The Hall–Kier alpha value is -5.98. The molecule has 54 heavy (non-hydrogen) atoms. The van der Waals surface area contributed by atoms with E-state index in [0.717, 1.165) is 12.1 Å². The number of aryl methyl sites for hydroxylation is 1. The van der Waals surface area contributed by atoms with E-state index in [1.54, 1.807) is 43.4 Å². The number of hydrogen-bond acceptors (Lipinski definition) is 17. The van der Waals surface area contributed by atoms with Crippen molar-refractivity contribution >= 4 is 83.6 Å². The largest absolute Gasteiger partial charge is 0.479 e. The third-order valence-corrected chi connectivity index (χ3v) is 10.6. The monoisotopic (exact) mass is 793 g/mol. The summed E-state index contributed by atoms with van der Waals surface area (Å²) in [7, 11) is -8.14. The molecule has 0 atom stereocenters. The second-order valence-electron chi connectivity index (χ2n) is 11.4. The molecule has 2 aromatic heterocycles. The minimum absolute atomic E-state index is 0.254. The fourth-order valence-electron chi connectivity index (χ4n) is 5.85. The molecule has 0 unspecified atom stereocenters. The zero-order valence-electron chi connectivity index (χ0n) is 27.1. The number of anilines is 6. The number of ketones is 1. The molecule has 0 amide bonds. The van der Waals surface area contributed by atoms with Crippen LogP contribution in [0, 0.1) is 0 Å². The van der Waals surface area contributed by atoms with Gasteiger partial charge in [0.25, 0.3) is 25.8 Å². The Morgan fingerprint density at radius 1 is 0.741 bits per heavy atom. The molecule has 2 heterocycles.